The van der Waals surface area contributed by atoms with Gasteiger partial charge in [-0.05, 0) is 44.9 Å². The van der Waals surface area contributed by atoms with Crippen LogP contribution in [0, 0.1) is 0 Å². The molecule has 1 aliphatic rings. The Morgan fingerprint density at radius 2 is 0.614 bits per heavy atom. The summed E-state index contributed by atoms with van der Waals surface area (Å²) in [6.45, 7) is 1.66. The fourth-order valence-corrected chi connectivity index (χ4v) is 4.41. The van der Waals surface area contributed by atoms with Gasteiger partial charge in [0.2, 0.25) is 35.4 Å². The van der Waals surface area contributed by atoms with Gasteiger partial charge in [-0.25, -0.2) is 15.2 Å². The molecule has 6 amide bonds. The zero-order valence-corrected chi connectivity index (χ0v) is 25.9. The van der Waals surface area contributed by atoms with Crippen LogP contribution in [0.5, 0.6) is 0 Å². The standard InChI is InChI=1S/C29H52N6O9/c36-24-12-15-27(39)33(42)21-9-3-2-7-19-31-25(37)13-17-29(41)35(44)23-11-5-8-20-32-26(38)14-16-28(40)34(43)22-10-4-1-6-18-30-24/h42-44H,1-23H2,(H,30,36)(H,31,37)(H,32,38). The van der Waals surface area contributed by atoms with Crippen molar-refractivity contribution in [2.75, 3.05) is 39.3 Å². The van der Waals surface area contributed by atoms with Crippen LogP contribution in [0.3, 0.4) is 0 Å². The van der Waals surface area contributed by atoms with E-state index in [2.05, 4.69) is 16.0 Å². The average molecular weight is 629 g/mol. The summed E-state index contributed by atoms with van der Waals surface area (Å²) in [7, 11) is 0. The quantitative estimate of drug-likeness (QED) is 0.215. The van der Waals surface area contributed by atoms with Crippen molar-refractivity contribution in [2.45, 2.75) is 109 Å². The number of hydroxylamine groups is 6. The molecule has 15 nitrogen and oxygen atoms in total. The predicted octanol–water partition coefficient (Wildman–Crippen LogP) is 1.63. The van der Waals surface area contributed by atoms with Crippen molar-refractivity contribution in [3.8, 4) is 0 Å². The molecule has 0 atom stereocenters. The van der Waals surface area contributed by atoms with Gasteiger partial charge in [0.05, 0.1) is 0 Å². The van der Waals surface area contributed by atoms with Crippen LogP contribution < -0.4 is 16.0 Å². The lowest BCUT2D eigenvalue weighted by Crippen LogP contribution is -2.31. The van der Waals surface area contributed by atoms with Crippen molar-refractivity contribution in [3.05, 3.63) is 0 Å². The number of rotatable bonds is 0. The maximum absolute atomic E-state index is 12.1. The van der Waals surface area contributed by atoms with E-state index >= 15 is 0 Å². The highest BCUT2D eigenvalue weighted by atomic mass is 16.5. The number of carbonyl (C=O) groups is 6. The van der Waals surface area contributed by atoms with E-state index in [-0.39, 0.29) is 75.9 Å². The van der Waals surface area contributed by atoms with Gasteiger partial charge in [-0.2, -0.15) is 0 Å². The van der Waals surface area contributed by atoms with Gasteiger partial charge >= 0.3 is 0 Å². The summed E-state index contributed by atoms with van der Waals surface area (Å²) in [5.74, 6) is -2.50. The van der Waals surface area contributed by atoms with E-state index in [0.717, 1.165) is 25.7 Å². The van der Waals surface area contributed by atoms with E-state index < -0.39 is 17.7 Å². The number of nitrogens with zero attached hydrogens (tertiary/aromatic N) is 3. The molecule has 0 radical (unpaired) electrons. The molecule has 1 saturated heterocycles. The highest BCUT2D eigenvalue weighted by Crippen LogP contribution is 2.06. The maximum atomic E-state index is 12.1. The minimum atomic E-state index is -0.549. The minimum Gasteiger partial charge on any atom is -0.356 e. The van der Waals surface area contributed by atoms with Crippen LogP contribution >= 0.6 is 0 Å². The zero-order valence-electron chi connectivity index (χ0n) is 25.9. The highest BCUT2D eigenvalue weighted by molar-refractivity contribution is 5.84. The molecule has 1 aliphatic heterocycles. The molecule has 252 valence electrons. The van der Waals surface area contributed by atoms with Gasteiger partial charge in [0.15, 0.2) is 0 Å². The topological polar surface area (TPSA) is 209 Å². The zero-order chi connectivity index (χ0) is 32.6. The molecule has 1 rings (SSSR count). The van der Waals surface area contributed by atoms with E-state index in [1.54, 1.807) is 0 Å². The fraction of sp³-hybridized carbons (Fsp3) is 0.793. The van der Waals surface area contributed by atoms with Gasteiger partial charge in [-0.1, -0.05) is 25.7 Å². The number of carbonyl (C=O) groups excluding carboxylic acids is 6. The second kappa shape index (κ2) is 24.1. The molecule has 0 aromatic carbocycles. The molecule has 0 bridgehead atoms. The van der Waals surface area contributed by atoms with E-state index in [1.165, 1.54) is 0 Å². The molecule has 0 aliphatic carbocycles. The third-order valence-electron chi connectivity index (χ3n) is 7.17. The van der Waals surface area contributed by atoms with Gasteiger partial charge in [0.25, 0.3) is 0 Å². The Balaban J connectivity index is 2.46. The summed E-state index contributed by atoms with van der Waals surface area (Å²) in [5.41, 5.74) is 0. The molecular formula is C29H52N6O9. The lowest BCUT2D eigenvalue weighted by molar-refractivity contribution is -0.166. The summed E-state index contributed by atoms with van der Waals surface area (Å²) in [6, 6.07) is 0. The Morgan fingerprint density at radius 3 is 0.909 bits per heavy atom. The summed E-state index contributed by atoms with van der Waals surface area (Å²) in [4.78, 5) is 72.2. The SMILES string of the molecule is O=C1CCC(=O)N(O)CCCCCCNC(=O)CCC(=O)N(O)CCCCCNC(=O)CCC(=O)N(O)CCCCCCN1. The molecule has 44 heavy (non-hydrogen) atoms. The Bertz CT molecular complexity index is 905. The van der Waals surface area contributed by atoms with Crippen molar-refractivity contribution < 1.29 is 44.4 Å². The monoisotopic (exact) mass is 628 g/mol. The molecule has 1 heterocycles. The third kappa shape index (κ3) is 19.8. The Kier molecular flexibility index (Phi) is 21.2. The number of nitrogens with one attached hydrogen (secondary N) is 3. The number of amides is 6. The predicted molar refractivity (Wildman–Crippen MR) is 158 cm³/mol. The van der Waals surface area contributed by atoms with Crippen LogP contribution in [-0.4, -0.2) is 106 Å². The minimum absolute atomic E-state index is 0.0306. The Hall–Kier alpha value is -3.30. The second-order valence-electron chi connectivity index (χ2n) is 11.0. The molecule has 0 saturated carbocycles. The van der Waals surface area contributed by atoms with E-state index in [1.807, 2.05) is 0 Å². The van der Waals surface area contributed by atoms with Crippen LogP contribution in [0.25, 0.3) is 0 Å². The molecule has 0 aromatic rings. The first-order valence-electron chi connectivity index (χ1n) is 15.9. The maximum Gasteiger partial charge on any atom is 0.246 e. The van der Waals surface area contributed by atoms with Crippen LogP contribution in [0.1, 0.15) is 109 Å². The van der Waals surface area contributed by atoms with Crippen LogP contribution in [0.4, 0.5) is 0 Å². The molecule has 0 unspecified atom stereocenters. The first kappa shape index (κ1) is 38.7. The largest absolute Gasteiger partial charge is 0.356 e. The molecule has 1 fully saturated rings. The van der Waals surface area contributed by atoms with Gasteiger partial charge in [0.1, 0.15) is 0 Å². The smallest absolute Gasteiger partial charge is 0.246 e. The van der Waals surface area contributed by atoms with Gasteiger partial charge < -0.3 is 16.0 Å². The first-order chi connectivity index (χ1) is 21.1. The molecule has 15 heteroatoms. The normalized spacial score (nSPS) is 21.5. The number of hydrogen-bond donors (Lipinski definition) is 6. The second-order valence-corrected chi connectivity index (χ2v) is 11.0. The Morgan fingerprint density at radius 1 is 0.364 bits per heavy atom. The summed E-state index contributed by atoms with van der Waals surface area (Å²) >= 11 is 0. The first-order valence-corrected chi connectivity index (χ1v) is 15.9. The molecule has 0 spiro atoms. The van der Waals surface area contributed by atoms with Crippen molar-refractivity contribution in [1.82, 2.24) is 31.1 Å². The molecular weight excluding hydrogens is 576 g/mol. The van der Waals surface area contributed by atoms with Crippen molar-refractivity contribution in [2.24, 2.45) is 0 Å². The van der Waals surface area contributed by atoms with Crippen LogP contribution in [0.15, 0.2) is 0 Å². The Labute approximate surface area is 259 Å². The van der Waals surface area contributed by atoms with Crippen molar-refractivity contribution >= 4 is 35.4 Å². The van der Waals surface area contributed by atoms with Gasteiger partial charge in [-0.3, -0.25) is 44.4 Å². The summed E-state index contributed by atoms with van der Waals surface area (Å²) in [5, 5.41) is 39.8. The average Bonchev–Trinajstić information content (AvgIpc) is 3.00. The third-order valence-corrected chi connectivity index (χ3v) is 7.17. The van der Waals surface area contributed by atoms with Gasteiger partial charge in [-0.15, -0.1) is 0 Å². The van der Waals surface area contributed by atoms with Crippen molar-refractivity contribution in [3.63, 3.8) is 0 Å². The van der Waals surface area contributed by atoms with Crippen LogP contribution in [-0.2, 0) is 28.8 Å². The summed E-state index contributed by atoms with van der Waals surface area (Å²) < 4.78 is 0. The molecule has 6 N–H and O–H groups in total. The fourth-order valence-electron chi connectivity index (χ4n) is 4.41. The van der Waals surface area contributed by atoms with E-state index in [0.29, 0.717) is 79.8 Å². The van der Waals surface area contributed by atoms with E-state index in [4.69, 9.17) is 0 Å². The van der Waals surface area contributed by atoms with Crippen LogP contribution in [0.2, 0.25) is 0 Å². The van der Waals surface area contributed by atoms with Gasteiger partial charge in [0, 0.05) is 77.8 Å². The lowest BCUT2D eigenvalue weighted by Gasteiger charge is -2.15. The summed E-state index contributed by atoms with van der Waals surface area (Å²) in [6.07, 6.45) is 6.85. The molecule has 0 aromatic heterocycles. The number of hydrogen-bond acceptors (Lipinski definition) is 9. The van der Waals surface area contributed by atoms with Crippen molar-refractivity contribution in [1.29, 1.82) is 0 Å². The highest BCUT2D eigenvalue weighted by Gasteiger charge is 2.15. The lowest BCUT2D eigenvalue weighted by atomic mass is 10.2. The van der Waals surface area contributed by atoms with E-state index in [9.17, 15) is 44.4 Å².